The molecule has 0 saturated carbocycles. The number of aromatic nitrogens is 3. The van der Waals surface area contributed by atoms with Crippen molar-refractivity contribution >= 4 is 23.3 Å². The largest absolute Gasteiger partial charge is 0.353 e. The molecule has 0 bridgehead atoms. The van der Waals surface area contributed by atoms with Crippen LogP contribution >= 0.6 is 0 Å². The lowest BCUT2D eigenvalue weighted by atomic mass is 10.2. The summed E-state index contributed by atoms with van der Waals surface area (Å²) in [5.74, 6) is 2.65. The fraction of sp³-hybridized carbons (Fsp3) is 0.286. The number of nitrogens with zero attached hydrogens (tertiary/aromatic N) is 5. The highest BCUT2D eigenvalue weighted by atomic mass is 15.3. The monoisotopic (exact) mass is 360 g/mol. The van der Waals surface area contributed by atoms with Crippen LogP contribution in [0.2, 0.25) is 0 Å². The Morgan fingerprint density at radius 3 is 2.19 bits per heavy atom. The molecule has 1 saturated heterocycles. The molecule has 0 unspecified atom stereocenters. The fourth-order valence-electron chi connectivity index (χ4n) is 3.24. The fourth-order valence-corrected chi connectivity index (χ4v) is 3.24. The van der Waals surface area contributed by atoms with Gasteiger partial charge in [-0.2, -0.15) is 4.98 Å². The second kappa shape index (κ2) is 7.61. The Hall–Kier alpha value is -3.15. The van der Waals surface area contributed by atoms with E-state index in [1.165, 1.54) is 5.56 Å². The molecular formula is C21H24N6. The molecule has 2 aromatic heterocycles. The van der Waals surface area contributed by atoms with Gasteiger partial charge in [0.1, 0.15) is 11.6 Å². The van der Waals surface area contributed by atoms with Crippen molar-refractivity contribution in [2.24, 2.45) is 0 Å². The number of hydrogen-bond donors (Lipinski definition) is 1. The molecule has 138 valence electrons. The van der Waals surface area contributed by atoms with Gasteiger partial charge in [0.05, 0.1) is 0 Å². The highest BCUT2D eigenvalue weighted by Crippen LogP contribution is 2.21. The van der Waals surface area contributed by atoms with Crippen molar-refractivity contribution in [3.05, 3.63) is 66.0 Å². The third kappa shape index (κ3) is 4.16. The van der Waals surface area contributed by atoms with Gasteiger partial charge >= 0.3 is 0 Å². The predicted octanol–water partition coefficient (Wildman–Crippen LogP) is 3.56. The molecule has 6 heteroatoms. The summed E-state index contributed by atoms with van der Waals surface area (Å²) in [4.78, 5) is 18.4. The summed E-state index contributed by atoms with van der Waals surface area (Å²) in [6, 6.07) is 16.4. The van der Waals surface area contributed by atoms with Gasteiger partial charge in [-0.1, -0.05) is 23.8 Å². The van der Waals surface area contributed by atoms with E-state index in [1.807, 2.05) is 37.4 Å². The van der Waals surface area contributed by atoms with Gasteiger partial charge in [-0.15, -0.1) is 0 Å². The van der Waals surface area contributed by atoms with Gasteiger partial charge in [0.2, 0.25) is 5.95 Å². The molecule has 1 aliphatic rings. The van der Waals surface area contributed by atoms with Crippen LogP contribution in [0.15, 0.2) is 54.7 Å². The lowest BCUT2D eigenvalue weighted by Crippen LogP contribution is -2.47. The van der Waals surface area contributed by atoms with E-state index >= 15 is 0 Å². The number of pyridine rings is 1. The second-order valence-corrected chi connectivity index (χ2v) is 6.84. The smallest absolute Gasteiger partial charge is 0.229 e. The Balaban J connectivity index is 1.46. The number of nitrogens with one attached hydrogen (secondary N) is 1. The van der Waals surface area contributed by atoms with Crippen molar-refractivity contribution in [1.29, 1.82) is 0 Å². The zero-order valence-corrected chi connectivity index (χ0v) is 15.8. The standard InChI is InChI=1S/C21H24N6/c1-16-6-8-18(9-7-16)24-21-23-17(2)15-20(25-21)27-13-11-26(12-14-27)19-5-3-4-10-22-19/h3-10,15H,11-14H2,1-2H3,(H,23,24,25). The lowest BCUT2D eigenvalue weighted by Gasteiger charge is -2.36. The first-order valence-electron chi connectivity index (χ1n) is 9.28. The van der Waals surface area contributed by atoms with Crippen LogP contribution in [0.5, 0.6) is 0 Å². The van der Waals surface area contributed by atoms with Crippen LogP contribution < -0.4 is 15.1 Å². The molecule has 1 N–H and O–H groups in total. The predicted molar refractivity (Wildman–Crippen MR) is 110 cm³/mol. The van der Waals surface area contributed by atoms with Crippen LogP contribution in [0.1, 0.15) is 11.3 Å². The van der Waals surface area contributed by atoms with E-state index in [0.717, 1.165) is 49.2 Å². The molecule has 0 spiro atoms. The molecule has 0 amide bonds. The zero-order valence-electron chi connectivity index (χ0n) is 15.8. The van der Waals surface area contributed by atoms with Crippen LogP contribution in [0, 0.1) is 13.8 Å². The minimum atomic E-state index is 0.640. The van der Waals surface area contributed by atoms with E-state index in [0.29, 0.717) is 5.95 Å². The van der Waals surface area contributed by atoms with E-state index in [1.54, 1.807) is 0 Å². The highest BCUT2D eigenvalue weighted by molar-refractivity contribution is 5.56. The van der Waals surface area contributed by atoms with Crippen molar-refractivity contribution in [3.63, 3.8) is 0 Å². The molecule has 6 nitrogen and oxygen atoms in total. The van der Waals surface area contributed by atoms with E-state index in [-0.39, 0.29) is 0 Å². The van der Waals surface area contributed by atoms with Crippen molar-refractivity contribution in [2.75, 3.05) is 41.3 Å². The Morgan fingerprint density at radius 1 is 0.815 bits per heavy atom. The van der Waals surface area contributed by atoms with Gasteiger partial charge in [-0.05, 0) is 38.1 Å². The summed E-state index contributed by atoms with van der Waals surface area (Å²) in [6.07, 6.45) is 1.85. The van der Waals surface area contributed by atoms with Crippen LogP contribution in [0.3, 0.4) is 0 Å². The number of aryl methyl sites for hydroxylation is 2. The Morgan fingerprint density at radius 2 is 1.52 bits per heavy atom. The molecule has 3 aromatic rings. The normalized spacial score (nSPS) is 14.3. The number of piperazine rings is 1. The van der Waals surface area contributed by atoms with Crippen LogP contribution in [0.4, 0.5) is 23.3 Å². The van der Waals surface area contributed by atoms with Gasteiger partial charge in [-0.3, -0.25) is 0 Å². The number of rotatable bonds is 4. The first-order chi connectivity index (χ1) is 13.2. The van der Waals surface area contributed by atoms with Gasteiger partial charge in [0, 0.05) is 49.8 Å². The van der Waals surface area contributed by atoms with Gasteiger partial charge in [0.15, 0.2) is 0 Å². The van der Waals surface area contributed by atoms with E-state index in [4.69, 9.17) is 4.98 Å². The number of anilines is 4. The maximum atomic E-state index is 4.74. The maximum Gasteiger partial charge on any atom is 0.229 e. The third-order valence-corrected chi connectivity index (χ3v) is 4.73. The van der Waals surface area contributed by atoms with Gasteiger partial charge < -0.3 is 15.1 Å². The molecule has 1 fully saturated rings. The topological polar surface area (TPSA) is 57.2 Å². The highest BCUT2D eigenvalue weighted by Gasteiger charge is 2.19. The Bertz CT molecular complexity index is 886. The molecule has 27 heavy (non-hydrogen) atoms. The van der Waals surface area contributed by atoms with Crippen LogP contribution in [0.25, 0.3) is 0 Å². The summed E-state index contributed by atoms with van der Waals surface area (Å²) in [5.41, 5.74) is 3.19. The third-order valence-electron chi connectivity index (χ3n) is 4.73. The summed E-state index contributed by atoms with van der Waals surface area (Å²) in [5, 5.41) is 3.32. The molecule has 1 aromatic carbocycles. The summed E-state index contributed by atoms with van der Waals surface area (Å²) in [7, 11) is 0. The number of benzene rings is 1. The number of hydrogen-bond acceptors (Lipinski definition) is 6. The van der Waals surface area contributed by atoms with Crippen molar-refractivity contribution in [3.8, 4) is 0 Å². The van der Waals surface area contributed by atoms with Crippen molar-refractivity contribution in [1.82, 2.24) is 15.0 Å². The lowest BCUT2D eigenvalue weighted by molar-refractivity contribution is 0.641. The average molecular weight is 360 g/mol. The molecule has 1 aliphatic heterocycles. The Labute approximate surface area is 159 Å². The molecule has 3 heterocycles. The van der Waals surface area contributed by atoms with Gasteiger partial charge in [0.25, 0.3) is 0 Å². The second-order valence-electron chi connectivity index (χ2n) is 6.84. The van der Waals surface area contributed by atoms with E-state index in [9.17, 15) is 0 Å². The van der Waals surface area contributed by atoms with Crippen molar-refractivity contribution in [2.45, 2.75) is 13.8 Å². The van der Waals surface area contributed by atoms with Crippen LogP contribution in [-0.4, -0.2) is 41.1 Å². The SMILES string of the molecule is Cc1ccc(Nc2nc(C)cc(N3CCN(c4ccccn4)CC3)n2)cc1. The van der Waals surface area contributed by atoms with Crippen LogP contribution in [-0.2, 0) is 0 Å². The average Bonchev–Trinajstić information content (AvgIpc) is 2.70. The quantitative estimate of drug-likeness (QED) is 0.768. The first-order valence-corrected chi connectivity index (χ1v) is 9.28. The molecule has 0 atom stereocenters. The minimum absolute atomic E-state index is 0.640. The maximum absolute atomic E-state index is 4.74. The van der Waals surface area contributed by atoms with E-state index in [2.05, 4.69) is 56.3 Å². The van der Waals surface area contributed by atoms with E-state index < -0.39 is 0 Å². The molecule has 4 rings (SSSR count). The van der Waals surface area contributed by atoms with Gasteiger partial charge in [-0.25, -0.2) is 9.97 Å². The molecule has 0 aliphatic carbocycles. The molecule has 0 radical (unpaired) electrons. The van der Waals surface area contributed by atoms with Crippen molar-refractivity contribution < 1.29 is 0 Å². The molecular weight excluding hydrogens is 336 g/mol. The first kappa shape index (κ1) is 17.3. The minimum Gasteiger partial charge on any atom is -0.353 e. The Kier molecular flexibility index (Phi) is 4.87. The summed E-state index contributed by atoms with van der Waals surface area (Å²) >= 11 is 0. The zero-order chi connectivity index (χ0) is 18.6. The summed E-state index contributed by atoms with van der Waals surface area (Å²) < 4.78 is 0. The summed E-state index contributed by atoms with van der Waals surface area (Å²) in [6.45, 7) is 7.78.